The van der Waals surface area contributed by atoms with E-state index in [1.54, 1.807) is 29.2 Å². The van der Waals surface area contributed by atoms with Crippen LogP contribution in [0.3, 0.4) is 0 Å². The number of nitrogens with one attached hydrogen (secondary N) is 1. The number of benzene rings is 1. The highest BCUT2D eigenvalue weighted by Gasteiger charge is 2.42. The first-order valence-corrected chi connectivity index (χ1v) is 10.9. The number of carbonyl (C=O) groups is 2. The zero-order valence-corrected chi connectivity index (χ0v) is 19.0. The predicted octanol–water partition coefficient (Wildman–Crippen LogP) is 4.45. The summed E-state index contributed by atoms with van der Waals surface area (Å²) >= 11 is 0. The first-order chi connectivity index (χ1) is 17.3. The molecule has 4 rings (SSSR count). The van der Waals surface area contributed by atoms with Crippen molar-refractivity contribution < 1.29 is 31.9 Å². The number of oxazole rings is 1. The highest BCUT2D eigenvalue weighted by molar-refractivity contribution is 6.04. The molecule has 2 amide bonds. The maximum atomic E-state index is 13.5. The summed E-state index contributed by atoms with van der Waals surface area (Å²) in [6.45, 7) is 5.54. The average Bonchev–Trinajstić information content (AvgIpc) is 3.35. The van der Waals surface area contributed by atoms with Crippen molar-refractivity contribution in [1.82, 2.24) is 14.9 Å². The molecular formula is C24H22F3N5O4. The zero-order chi connectivity index (χ0) is 25.7. The molecule has 0 atom stereocenters. The summed E-state index contributed by atoms with van der Waals surface area (Å²) < 4.78 is 50.5. The number of hydrogen-bond donors (Lipinski definition) is 1. The lowest BCUT2D eigenvalue weighted by molar-refractivity contribution is -0.153. The Morgan fingerprint density at radius 1 is 1.11 bits per heavy atom. The number of alkyl halides is 3. The summed E-state index contributed by atoms with van der Waals surface area (Å²) in [7, 11) is 0. The molecule has 9 nitrogen and oxygen atoms in total. The number of rotatable bonds is 6. The fourth-order valence-electron chi connectivity index (χ4n) is 3.55. The molecule has 0 spiro atoms. The van der Waals surface area contributed by atoms with Crippen LogP contribution in [0.2, 0.25) is 0 Å². The third-order valence-corrected chi connectivity index (χ3v) is 5.31. The number of carbonyl (C=O) groups excluding carboxylic acids is 2. The number of ether oxygens (including phenoxy) is 1. The van der Waals surface area contributed by atoms with Crippen LogP contribution in [0.1, 0.15) is 16.2 Å². The van der Waals surface area contributed by atoms with Crippen LogP contribution in [0.5, 0.6) is 0 Å². The standard InChI is InChI=1S/C24H22F3N5O4/c1-2-14-35-23(34)32-12-10-31(11-13-32)18-9-8-17(15-28-18)29-21(33)19-20(24(25,26)27)36-22(30-19)16-6-4-3-5-7-16/h2-9,15H,1,10-14H2,(H,29,33). The van der Waals surface area contributed by atoms with Crippen LogP contribution in [-0.2, 0) is 10.9 Å². The zero-order valence-electron chi connectivity index (χ0n) is 19.0. The van der Waals surface area contributed by atoms with Crippen molar-refractivity contribution in [3.05, 3.63) is 72.8 Å². The minimum atomic E-state index is -4.91. The summed E-state index contributed by atoms with van der Waals surface area (Å²) in [6.07, 6.45) is -2.49. The molecule has 0 aliphatic carbocycles. The monoisotopic (exact) mass is 501 g/mol. The van der Waals surface area contributed by atoms with Crippen molar-refractivity contribution in [3.63, 3.8) is 0 Å². The van der Waals surface area contributed by atoms with Gasteiger partial charge in [-0.3, -0.25) is 4.79 Å². The van der Waals surface area contributed by atoms with Crippen LogP contribution in [0.4, 0.5) is 29.5 Å². The number of hydrogen-bond acceptors (Lipinski definition) is 7. The molecular weight excluding hydrogens is 479 g/mol. The minimum absolute atomic E-state index is 0.139. The molecule has 2 aromatic heterocycles. The number of halogens is 3. The highest BCUT2D eigenvalue weighted by Crippen LogP contribution is 2.35. The van der Waals surface area contributed by atoms with Gasteiger partial charge >= 0.3 is 12.3 Å². The van der Waals surface area contributed by atoms with Gasteiger partial charge in [-0.15, -0.1) is 0 Å². The van der Waals surface area contributed by atoms with Crippen LogP contribution < -0.4 is 10.2 Å². The molecule has 1 fully saturated rings. The number of nitrogens with zero attached hydrogens (tertiary/aromatic N) is 4. The largest absolute Gasteiger partial charge is 0.452 e. The number of amides is 2. The fraction of sp³-hybridized carbons (Fsp3) is 0.250. The maximum Gasteiger partial charge on any atom is 0.452 e. The number of pyridine rings is 1. The Balaban J connectivity index is 1.42. The highest BCUT2D eigenvalue weighted by atomic mass is 19.4. The Morgan fingerprint density at radius 2 is 1.83 bits per heavy atom. The molecule has 0 saturated carbocycles. The van der Waals surface area contributed by atoms with E-state index in [0.717, 1.165) is 0 Å². The molecule has 0 radical (unpaired) electrons. The topological polar surface area (TPSA) is 101 Å². The van der Waals surface area contributed by atoms with Crippen molar-refractivity contribution in [3.8, 4) is 11.5 Å². The molecule has 36 heavy (non-hydrogen) atoms. The lowest BCUT2D eigenvalue weighted by Gasteiger charge is -2.34. The second kappa shape index (κ2) is 10.5. The normalized spacial score (nSPS) is 13.9. The van der Waals surface area contributed by atoms with E-state index in [9.17, 15) is 22.8 Å². The summed E-state index contributed by atoms with van der Waals surface area (Å²) in [4.78, 5) is 36.2. The van der Waals surface area contributed by atoms with Gasteiger partial charge in [0.2, 0.25) is 11.7 Å². The second-order valence-corrected chi connectivity index (χ2v) is 7.76. The van der Waals surface area contributed by atoms with Gasteiger partial charge in [-0.2, -0.15) is 13.2 Å². The fourth-order valence-corrected chi connectivity index (χ4v) is 3.55. The molecule has 3 aromatic rings. The Labute approximate surface area is 204 Å². The summed E-state index contributed by atoms with van der Waals surface area (Å²) in [5.74, 6) is -2.27. The van der Waals surface area contributed by atoms with Gasteiger partial charge in [0.15, 0.2) is 5.69 Å². The number of anilines is 2. The quantitative estimate of drug-likeness (QED) is 0.498. The Bertz CT molecular complexity index is 1220. The van der Waals surface area contributed by atoms with Gasteiger partial charge in [-0.05, 0) is 24.3 Å². The van der Waals surface area contributed by atoms with Crippen LogP contribution >= 0.6 is 0 Å². The molecule has 1 aliphatic heterocycles. The van der Waals surface area contributed by atoms with Crippen LogP contribution in [0, 0.1) is 0 Å². The molecule has 1 saturated heterocycles. The number of piperazine rings is 1. The molecule has 1 aliphatic rings. The van der Waals surface area contributed by atoms with Gasteiger partial charge in [-0.25, -0.2) is 14.8 Å². The Hall–Kier alpha value is -4.35. The first-order valence-electron chi connectivity index (χ1n) is 10.9. The molecule has 0 unspecified atom stereocenters. The number of aromatic nitrogens is 2. The third-order valence-electron chi connectivity index (χ3n) is 5.31. The summed E-state index contributed by atoms with van der Waals surface area (Å²) in [5.41, 5.74) is -0.375. The second-order valence-electron chi connectivity index (χ2n) is 7.76. The van der Waals surface area contributed by atoms with Gasteiger partial charge < -0.3 is 24.3 Å². The Morgan fingerprint density at radius 3 is 2.44 bits per heavy atom. The maximum absolute atomic E-state index is 13.5. The lowest BCUT2D eigenvalue weighted by atomic mass is 10.2. The smallest absolute Gasteiger partial charge is 0.445 e. The van der Waals surface area contributed by atoms with Crippen LogP contribution in [0.25, 0.3) is 11.5 Å². The van der Waals surface area contributed by atoms with Crippen molar-refractivity contribution in [2.45, 2.75) is 6.18 Å². The predicted molar refractivity (Wildman–Crippen MR) is 124 cm³/mol. The van der Waals surface area contributed by atoms with Gasteiger partial charge in [0.25, 0.3) is 5.91 Å². The van der Waals surface area contributed by atoms with E-state index in [1.165, 1.54) is 30.5 Å². The van der Waals surface area contributed by atoms with Gasteiger partial charge in [0.1, 0.15) is 12.4 Å². The Kier molecular flexibility index (Phi) is 7.23. The molecule has 1 N–H and O–H groups in total. The lowest BCUT2D eigenvalue weighted by Crippen LogP contribution is -2.49. The third kappa shape index (κ3) is 5.65. The van der Waals surface area contributed by atoms with Gasteiger partial charge in [0, 0.05) is 31.7 Å². The van der Waals surface area contributed by atoms with Crippen molar-refractivity contribution >= 4 is 23.5 Å². The minimum Gasteiger partial charge on any atom is -0.445 e. The summed E-state index contributed by atoms with van der Waals surface area (Å²) in [6, 6.07) is 11.1. The van der Waals surface area contributed by atoms with E-state index >= 15 is 0 Å². The SMILES string of the molecule is C=CCOC(=O)N1CCN(c2ccc(NC(=O)c3nc(-c4ccccc4)oc3C(F)(F)F)cn2)CC1. The van der Waals surface area contributed by atoms with E-state index in [-0.39, 0.29) is 18.2 Å². The van der Waals surface area contributed by atoms with Gasteiger partial charge in [0.05, 0.1) is 11.9 Å². The summed E-state index contributed by atoms with van der Waals surface area (Å²) in [5, 5.41) is 2.39. The molecule has 1 aromatic carbocycles. The van der Waals surface area contributed by atoms with Crippen molar-refractivity contribution in [1.29, 1.82) is 0 Å². The van der Waals surface area contributed by atoms with E-state index in [1.807, 2.05) is 4.90 Å². The van der Waals surface area contributed by atoms with Crippen LogP contribution in [-0.4, -0.2) is 59.7 Å². The van der Waals surface area contributed by atoms with E-state index in [4.69, 9.17) is 9.15 Å². The molecule has 188 valence electrons. The van der Waals surface area contributed by atoms with Gasteiger partial charge in [-0.1, -0.05) is 30.9 Å². The van der Waals surface area contributed by atoms with E-state index < -0.39 is 29.6 Å². The molecule has 3 heterocycles. The van der Waals surface area contributed by atoms with E-state index in [0.29, 0.717) is 37.6 Å². The van der Waals surface area contributed by atoms with Crippen molar-refractivity contribution in [2.75, 3.05) is 43.0 Å². The van der Waals surface area contributed by atoms with E-state index in [2.05, 4.69) is 21.9 Å². The average molecular weight is 501 g/mol. The molecule has 0 bridgehead atoms. The van der Waals surface area contributed by atoms with Crippen molar-refractivity contribution in [2.24, 2.45) is 0 Å². The van der Waals surface area contributed by atoms with Crippen LogP contribution in [0.15, 0.2) is 65.7 Å². The first kappa shape index (κ1) is 24.8. The molecule has 12 heteroatoms.